The van der Waals surface area contributed by atoms with Gasteiger partial charge in [-0.3, -0.25) is 14.9 Å². The van der Waals surface area contributed by atoms with Crippen LogP contribution in [0.25, 0.3) is 6.08 Å². The van der Waals surface area contributed by atoms with Gasteiger partial charge in [-0.2, -0.15) is 0 Å². The summed E-state index contributed by atoms with van der Waals surface area (Å²) in [6, 6.07) is 16.3. The first kappa shape index (κ1) is 24.0. The third-order valence-corrected chi connectivity index (χ3v) is 6.55. The molecule has 1 saturated heterocycles. The van der Waals surface area contributed by atoms with Crippen LogP contribution < -0.4 is 15.0 Å². The van der Waals surface area contributed by atoms with Crippen LogP contribution in [-0.2, 0) is 16.0 Å². The average molecular weight is 560 g/mol. The number of carbonyl (C=O) groups is 3. The Morgan fingerprint density at radius 1 is 1.03 bits per heavy atom. The van der Waals surface area contributed by atoms with Crippen LogP contribution in [0.3, 0.4) is 0 Å². The summed E-state index contributed by atoms with van der Waals surface area (Å²) in [7, 11) is 1.54. The lowest BCUT2D eigenvalue weighted by Gasteiger charge is -2.26. The highest BCUT2D eigenvalue weighted by Crippen LogP contribution is 2.34. The fraction of sp³-hybridized carbons (Fsp3) is 0.0800. The van der Waals surface area contributed by atoms with Gasteiger partial charge in [0.1, 0.15) is 11.3 Å². The van der Waals surface area contributed by atoms with Gasteiger partial charge in [0.2, 0.25) is 0 Å². The van der Waals surface area contributed by atoms with E-state index in [9.17, 15) is 14.4 Å². The van der Waals surface area contributed by atoms with Crippen LogP contribution in [0, 0.1) is 0 Å². The van der Waals surface area contributed by atoms with Crippen LogP contribution in [0.5, 0.6) is 5.75 Å². The van der Waals surface area contributed by atoms with Crippen LogP contribution >= 0.6 is 39.1 Å². The maximum atomic E-state index is 13.1. The molecule has 1 N–H and O–H groups in total. The molecule has 0 atom stereocenters. The number of benzene rings is 3. The third kappa shape index (κ3) is 4.87. The molecule has 0 bridgehead atoms. The lowest BCUT2D eigenvalue weighted by Crippen LogP contribution is -2.54. The molecule has 34 heavy (non-hydrogen) atoms. The first-order valence-corrected chi connectivity index (χ1v) is 11.6. The van der Waals surface area contributed by atoms with Gasteiger partial charge < -0.3 is 4.74 Å². The van der Waals surface area contributed by atoms with E-state index >= 15 is 0 Å². The molecule has 0 spiro atoms. The summed E-state index contributed by atoms with van der Waals surface area (Å²) < 4.78 is 6.29. The van der Waals surface area contributed by atoms with E-state index in [0.29, 0.717) is 37.9 Å². The quantitative estimate of drug-likeness (QED) is 0.306. The zero-order chi connectivity index (χ0) is 24.4. The zero-order valence-electron chi connectivity index (χ0n) is 17.8. The minimum Gasteiger partial charge on any atom is -0.496 e. The van der Waals surface area contributed by atoms with Gasteiger partial charge in [0.05, 0.1) is 12.8 Å². The average Bonchev–Trinajstić information content (AvgIpc) is 2.80. The Bertz CT molecular complexity index is 1340. The monoisotopic (exact) mass is 558 g/mol. The fourth-order valence-electron chi connectivity index (χ4n) is 3.55. The predicted octanol–water partition coefficient (Wildman–Crippen LogP) is 6.02. The molecule has 0 aliphatic carbocycles. The van der Waals surface area contributed by atoms with E-state index in [1.807, 2.05) is 24.3 Å². The highest BCUT2D eigenvalue weighted by atomic mass is 79.9. The van der Waals surface area contributed by atoms with Gasteiger partial charge in [0.25, 0.3) is 11.8 Å². The summed E-state index contributed by atoms with van der Waals surface area (Å²) in [6.07, 6.45) is 1.93. The number of anilines is 1. The number of nitrogens with one attached hydrogen (secondary N) is 1. The number of urea groups is 1. The van der Waals surface area contributed by atoms with Gasteiger partial charge in [-0.05, 0) is 59.7 Å². The molecule has 4 rings (SSSR count). The molecule has 9 heteroatoms. The highest BCUT2D eigenvalue weighted by molar-refractivity contribution is 9.10. The summed E-state index contributed by atoms with van der Waals surface area (Å²) in [6.45, 7) is 0. The first-order valence-electron chi connectivity index (χ1n) is 10.1. The fourth-order valence-corrected chi connectivity index (χ4v) is 4.48. The van der Waals surface area contributed by atoms with E-state index in [2.05, 4.69) is 21.2 Å². The van der Waals surface area contributed by atoms with E-state index in [0.717, 1.165) is 16.0 Å². The van der Waals surface area contributed by atoms with Crippen molar-refractivity contribution in [3.63, 3.8) is 0 Å². The molecule has 3 aromatic rings. The van der Waals surface area contributed by atoms with Crippen molar-refractivity contribution in [2.24, 2.45) is 0 Å². The van der Waals surface area contributed by atoms with Crippen LogP contribution in [0.1, 0.15) is 16.7 Å². The summed E-state index contributed by atoms with van der Waals surface area (Å²) in [5.74, 6) is -0.975. The lowest BCUT2D eigenvalue weighted by molar-refractivity contribution is -0.122. The number of methoxy groups -OCH3 is 1. The summed E-state index contributed by atoms with van der Waals surface area (Å²) in [5.41, 5.74) is 2.42. The van der Waals surface area contributed by atoms with Crippen LogP contribution in [0.2, 0.25) is 10.0 Å². The molecule has 172 valence electrons. The summed E-state index contributed by atoms with van der Waals surface area (Å²) in [4.78, 5) is 38.9. The smallest absolute Gasteiger partial charge is 0.335 e. The number of barbiturate groups is 1. The van der Waals surface area contributed by atoms with Crippen molar-refractivity contribution in [1.82, 2.24) is 5.32 Å². The Labute approximate surface area is 214 Å². The topological polar surface area (TPSA) is 75.7 Å². The number of ether oxygens (including phenoxy) is 1. The number of halogens is 3. The third-order valence-electron chi connectivity index (χ3n) is 5.22. The number of hydrogen-bond acceptors (Lipinski definition) is 4. The molecular weight excluding hydrogens is 543 g/mol. The maximum Gasteiger partial charge on any atom is 0.335 e. The van der Waals surface area contributed by atoms with Gasteiger partial charge in [0.15, 0.2) is 0 Å². The van der Waals surface area contributed by atoms with Crippen molar-refractivity contribution >= 4 is 68.7 Å². The Morgan fingerprint density at radius 3 is 2.41 bits per heavy atom. The number of rotatable bonds is 5. The number of carbonyl (C=O) groups excluding carboxylic acids is 3. The normalized spacial score (nSPS) is 15.0. The van der Waals surface area contributed by atoms with Crippen molar-refractivity contribution in [1.29, 1.82) is 0 Å². The molecule has 4 amide bonds. The largest absolute Gasteiger partial charge is 0.496 e. The van der Waals surface area contributed by atoms with Crippen LogP contribution in [0.4, 0.5) is 10.5 Å². The van der Waals surface area contributed by atoms with E-state index in [1.54, 1.807) is 24.3 Å². The molecule has 0 saturated carbocycles. The van der Waals surface area contributed by atoms with Crippen molar-refractivity contribution < 1.29 is 19.1 Å². The van der Waals surface area contributed by atoms with Crippen molar-refractivity contribution in [3.05, 3.63) is 97.4 Å². The summed E-state index contributed by atoms with van der Waals surface area (Å²) in [5, 5.41) is 3.30. The van der Waals surface area contributed by atoms with Gasteiger partial charge in [-0.1, -0.05) is 57.3 Å². The number of nitrogens with zero attached hydrogens (tertiary/aromatic N) is 1. The Morgan fingerprint density at radius 2 is 1.74 bits per heavy atom. The first-order chi connectivity index (χ1) is 16.3. The van der Waals surface area contributed by atoms with E-state index < -0.39 is 17.8 Å². The van der Waals surface area contributed by atoms with Crippen LogP contribution in [-0.4, -0.2) is 25.0 Å². The Hall–Kier alpha value is -3.13. The van der Waals surface area contributed by atoms with Crippen molar-refractivity contribution in [3.8, 4) is 5.75 Å². The molecule has 1 aliphatic heterocycles. The standard InChI is InChI=1S/C25H17BrCl2N2O4/c1-34-22-12-14(11-20(26)18(22)13-15-4-2-3-5-21(15)28)10-19-23(31)29-25(33)30(24(19)32)17-8-6-16(27)7-9-17/h2-12H,13H2,1H3,(H,29,31,33)/b19-10+. The molecule has 1 aliphatic rings. The molecule has 3 aromatic carbocycles. The number of imide groups is 2. The van der Waals surface area contributed by atoms with E-state index in [4.69, 9.17) is 27.9 Å². The van der Waals surface area contributed by atoms with Crippen molar-refractivity contribution in [2.75, 3.05) is 12.0 Å². The molecule has 6 nitrogen and oxygen atoms in total. The van der Waals surface area contributed by atoms with Crippen molar-refractivity contribution in [2.45, 2.75) is 6.42 Å². The highest BCUT2D eigenvalue weighted by Gasteiger charge is 2.36. The van der Waals surface area contributed by atoms with Gasteiger partial charge >= 0.3 is 6.03 Å². The SMILES string of the molecule is COc1cc(/C=C2\C(=O)NC(=O)N(c3ccc(Cl)cc3)C2=O)cc(Br)c1Cc1ccccc1Cl. The molecule has 1 fully saturated rings. The van der Waals surface area contributed by atoms with Gasteiger partial charge in [-0.15, -0.1) is 0 Å². The Kier molecular flexibility index (Phi) is 7.07. The predicted molar refractivity (Wildman–Crippen MR) is 135 cm³/mol. The van der Waals surface area contributed by atoms with Gasteiger partial charge in [0, 0.05) is 26.5 Å². The van der Waals surface area contributed by atoms with E-state index in [1.165, 1.54) is 25.3 Å². The Balaban J connectivity index is 1.71. The molecule has 0 unspecified atom stereocenters. The number of amides is 4. The second-order valence-electron chi connectivity index (χ2n) is 7.39. The molecule has 0 aromatic heterocycles. The molecular formula is C25H17BrCl2N2O4. The zero-order valence-corrected chi connectivity index (χ0v) is 20.9. The minimum atomic E-state index is -0.830. The van der Waals surface area contributed by atoms with E-state index in [-0.39, 0.29) is 5.57 Å². The van der Waals surface area contributed by atoms with Gasteiger partial charge in [-0.25, -0.2) is 9.69 Å². The minimum absolute atomic E-state index is 0.192. The number of hydrogen-bond donors (Lipinski definition) is 1. The summed E-state index contributed by atoms with van der Waals surface area (Å²) >= 11 is 15.8. The molecule has 0 radical (unpaired) electrons. The lowest BCUT2D eigenvalue weighted by atomic mass is 10.0. The maximum absolute atomic E-state index is 13.1. The molecule has 1 heterocycles. The van der Waals surface area contributed by atoms with Crippen LogP contribution in [0.15, 0.2) is 70.7 Å². The second kappa shape index (κ2) is 10.0. The second-order valence-corrected chi connectivity index (χ2v) is 9.08.